The van der Waals surface area contributed by atoms with Crippen LogP contribution in [-0.4, -0.2) is 47.0 Å². The quantitative estimate of drug-likeness (QED) is 0.557. The highest BCUT2D eigenvalue weighted by molar-refractivity contribution is 5.84. The van der Waals surface area contributed by atoms with E-state index in [0.717, 1.165) is 28.0 Å². The number of nitrogens with one attached hydrogen (secondary N) is 1. The topological polar surface area (TPSA) is 110 Å². The number of carboxylic acid groups (broad SMARTS) is 1. The lowest BCUT2D eigenvalue weighted by molar-refractivity contribution is -0.192. The van der Waals surface area contributed by atoms with Gasteiger partial charge in [-0.05, 0) is 18.2 Å². The van der Waals surface area contributed by atoms with Crippen molar-refractivity contribution in [2.75, 3.05) is 0 Å². The monoisotopic (exact) mass is 376 g/mol. The molecule has 0 aromatic carbocycles. The number of aromatic nitrogens is 6. The second-order valence-electron chi connectivity index (χ2n) is 5.14. The molecule has 0 atom stereocenters. The van der Waals surface area contributed by atoms with Crippen molar-refractivity contribution in [1.82, 2.24) is 29.7 Å². The van der Waals surface area contributed by atoms with E-state index in [4.69, 9.17) is 9.90 Å². The van der Waals surface area contributed by atoms with E-state index in [0.29, 0.717) is 0 Å². The molecule has 11 heteroatoms. The van der Waals surface area contributed by atoms with Crippen molar-refractivity contribution in [3.63, 3.8) is 0 Å². The van der Waals surface area contributed by atoms with Gasteiger partial charge < -0.3 is 10.1 Å². The molecule has 0 unspecified atom stereocenters. The Bertz CT molecular complexity index is 1060. The summed E-state index contributed by atoms with van der Waals surface area (Å²) in [4.78, 5) is 24.4. The number of rotatable bonds is 2. The SMILES string of the molecule is O=C(O)C(F)(F)F.c1cc(-c2cnn(-c3ccnc4[nH]ccc34)c2)ncn1. The third-order valence-electron chi connectivity index (χ3n) is 3.39. The highest BCUT2D eigenvalue weighted by Crippen LogP contribution is 2.22. The van der Waals surface area contributed by atoms with Crippen LogP contribution in [0.25, 0.3) is 28.0 Å². The summed E-state index contributed by atoms with van der Waals surface area (Å²) < 4.78 is 33.6. The van der Waals surface area contributed by atoms with E-state index in [1.807, 2.05) is 35.3 Å². The Kier molecular flexibility index (Phi) is 4.83. The number of aliphatic carboxylic acids is 1. The van der Waals surface area contributed by atoms with Gasteiger partial charge in [-0.3, -0.25) is 0 Å². The number of halogens is 3. The van der Waals surface area contributed by atoms with E-state index in [-0.39, 0.29) is 0 Å². The summed E-state index contributed by atoms with van der Waals surface area (Å²) in [6.07, 6.45) is 5.54. The molecule has 4 heterocycles. The van der Waals surface area contributed by atoms with Gasteiger partial charge in [-0.25, -0.2) is 24.4 Å². The van der Waals surface area contributed by atoms with Crippen LogP contribution < -0.4 is 0 Å². The van der Waals surface area contributed by atoms with Gasteiger partial charge in [0.1, 0.15) is 12.0 Å². The number of H-pyrrole nitrogens is 1. The fourth-order valence-corrected chi connectivity index (χ4v) is 2.19. The molecule has 8 nitrogen and oxygen atoms in total. The Hall–Kier alpha value is -3.76. The molecule has 0 aliphatic carbocycles. The number of pyridine rings is 1. The minimum atomic E-state index is -5.08. The summed E-state index contributed by atoms with van der Waals surface area (Å²) in [6, 6.07) is 5.79. The number of fused-ring (bicyclic) bond motifs is 1. The minimum Gasteiger partial charge on any atom is -0.475 e. The number of nitrogens with zero attached hydrogens (tertiary/aromatic N) is 5. The predicted molar refractivity (Wildman–Crippen MR) is 87.9 cm³/mol. The van der Waals surface area contributed by atoms with Gasteiger partial charge in [0.25, 0.3) is 0 Å². The van der Waals surface area contributed by atoms with E-state index in [9.17, 15) is 13.2 Å². The van der Waals surface area contributed by atoms with E-state index < -0.39 is 12.1 Å². The van der Waals surface area contributed by atoms with E-state index in [1.165, 1.54) is 6.33 Å². The molecule has 4 aromatic rings. The fraction of sp³-hybridized carbons (Fsp3) is 0.0625. The van der Waals surface area contributed by atoms with Crippen LogP contribution in [0.2, 0.25) is 0 Å². The van der Waals surface area contributed by atoms with Crippen molar-refractivity contribution >= 4 is 17.0 Å². The molecule has 0 aliphatic rings. The third-order valence-corrected chi connectivity index (χ3v) is 3.39. The molecule has 0 saturated carbocycles. The molecule has 0 amide bonds. The highest BCUT2D eigenvalue weighted by Gasteiger charge is 2.38. The average Bonchev–Trinajstić information content (AvgIpc) is 3.31. The van der Waals surface area contributed by atoms with Gasteiger partial charge >= 0.3 is 12.1 Å². The summed E-state index contributed by atoms with van der Waals surface area (Å²) in [5.41, 5.74) is 3.64. The second kappa shape index (κ2) is 7.23. The Morgan fingerprint density at radius 3 is 2.59 bits per heavy atom. The molecule has 4 aromatic heterocycles. The van der Waals surface area contributed by atoms with Crippen molar-refractivity contribution in [3.05, 3.63) is 55.5 Å². The standard InChI is InChI=1S/C14H10N6.C2HF3O2/c1-5-16-14-11(1)13(3-6-17-14)20-8-10(7-19-20)12-2-4-15-9-18-12;3-2(4,5)1(6)7/h1-9H,(H,16,17);(H,6,7). The lowest BCUT2D eigenvalue weighted by atomic mass is 10.2. The molecule has 27 heavy (non-hydrogen) atoms. The maximum atomic E-state index is 10.6. The maximum Gasteiger partial charge on any atom is 0.490 e. The van der Waals surface area contributed by atoms with Crippen LogP contribution in [0.3, 0.4) is 0 Å². The zero-order chi connectivity index (χ0) is 19.4. The fourth-order valence-electron chi connectivity index (χ4n) is 2.19. The number of carboxylic acids is 1. The smallest absolute Gasteiger partial charge is 0.475 e. The number of hydrogen-bond acceptors (Lipinski definition) is 5. The summed E-state index contributed by atoms with van der Waals surface area (Å²) in [5.74, 6) is -2.76. The molecule has 138 valence electrons. The van der Waals surface area contributed by atoms with Crippen LogP contribution in [-0.2, 0) is 4.79 Å². The van der Waals surface area contributed by atoms with Crippen LogP contribution in [0.15, 0.2) is 55.5 Å². The lowest BCUT2D eigenvalue weighted by Crippen LogP contribution is -2.21. The molecular weight excluding hydrogens is 365 g/mol. The molecule has 0 bridgehead atoms. The number of carbonyl (C=O) groups is 1. The third kappa shape index (κ3) is 4.08. The summed E-state index contributed by atoms with van der Waals surface area (Å²) in [7, 11) is 0. The van der Waals surface area contributed by atoms with Crippen molar-refractivity contribution < 1.29 is 23.1 Å². The van der Waals surface area contributed by atoms with Crippen molar-refractivity contribution in [1.29, 1.82) is 0 Å². The molecule has 0 radical (unpaired) electrons. The first-order chi connectivity index (χ1) is 12.9. The van der Waals surface area contributed by atoms with Crippen LogP contribution in [0.4, 0.5) is 13.2 Å². The van der Waals surface area contributed by atoms with Crippen LogP contribution >= 0.6 is 0 Å². The summed E-state index contributed by atoms with van der Waals surface area (Å²) >= 11 is 0. The van der Waals surface area contributed by atoms with E-state index in [1.54, 1.807) is 18.6 Å². The summed E-state index contributed by atoms with van der Waals surface area (Å²) in [5, 5.41) is 12.6. The molecule has 0 saturated heterocycles. The first-order valence-corrected chi connectivity index (χ1v) is 7.40. The van der Waals surface area contributed by atoms with Gasteiger partial charge in [-0.1, -0.05) is 0 Å². The zero-order valence-corrected chi connectivity index (χ0v) is 13.4. The van der Waals surface area contributed by atoms with Crippen molar-refractivity contribution in [3.8, 4) is 16.9 Å². The predicted octanol–water partition coefficient (Wildman–Crippen LogP) is 2.84. The van der Waals surface area contributed by atoms with Gasteiger partial charge in [0, 0.05) is 35.7 Å². The normalized spacial score (nSPS) is 11.1. The largest absolute Gasteiger partial charge is 0.490 e. The lowest BCUT2D eigenvalue weighted by Gasteiger charge is -2.02. The van der Waals surface area contributed by atoms with Gasteiger partial charge in [-0.2, -0.15) is 18.3 Å². The van der Waals surface area contributed by atoms with Gasteiger partial charge in [-0.15, -0.1) is 0 Å². The summed E-state index contributed by atoms with van der Waals surface area (Å²) in [6.45, 7) is 0. The number of aromatic amines is 1. The molecule has 0 fully saturated rings. The molecule has 0 spiro atoms. The van der Waals surface area contributed by atoms with Crippen LogP contribution in [0, 0.1) is 0 Å². The Labute approximate surface area is 149 Å². The van der Waals surface area contributed by atoms with Gasteiger partial charge in [0.2, 0.25) is 0 Å². The van der Waals surface area contributed by atoms with Gasteiger partial charge in [0.05, 0.1) is 17.6 Å². The highest BCUT2D eigenvalue weighted by atomic mass is 19.4. The molecular formula is C16H11F3N6O2. The zero-order valence-electron chi connectivity index (χ0n) is 13.4. The van der Waals surface area contributed by atoms with E-state index >= 15 is 0 Å². The van der Waals surface area contributed by atoms with Crippen molar-refractivity contribution in [2.24, 2.45) is 0 Å². The van der Waals surface area contributed by atoms with Gasteiger partial charge in [0.15, 0.2) is 0 Å². The number of hydrogen-bond donors (Lipinski definition) is 2. The van der Waals surface area contributed by atoms with Crippen LogP contribution in [0.1, 0.15) is 0 Å². The Morgan fingerprint density at radius 2 is 1.93 bits per heavy atom. The average molecular weight is 376 g/mol. The molecule has 2 N–H and O–H groups in total. The maximum absolute atomic E-state index is 10.6. The first-order valence-electron chi connectivity index (χ1n) is 7.40. The van der Waals surface area contributed by atoms with Crippen molar-refractivity contribution in [2.45, 2.75) is 6.18 Å². The minimum absolute atomic E-state index is 0.849. The molecule has 0 aliphatic heterocycles. The van der Waals surface area contributed by atoms with Crippen LogP contribution in [0.5, 0.6) is 0 Å². The second-order valence-corrected chi connectivity index (χ2v) is 5.14. The number of alkyl halides is 3. The first kappa shape index (κ1) is 18.0. The Balaban J connectivity index is 0.000000260. The van der Waals surface area contributed by atoms with E-state index in [2.05, 4.69) is 25.0 Å². The molecule has 4 rings (SSSR count). The Morgan fingerprint density at radius 1 is 1.15 bits per heavy atom.